The van der Waals surface area contributed by atoms with Gasteiger partial charge < -0.3 is 9.80 Å². The van der Waals surface area contributed by atoms with Crippen molar-refractivity contribution in [1.82, 2.24) is 14.8 Å². The highest BCUT2D eigenvalue weighted by atomic mass is 35.5. The molecule has 0 N–H and O–H groups in total. The predicted molar refractivity (Wildman–Crippen MR) is 69.4 cm³/mol. The minimum absolute atomic E-state index is 0.0454. The van der Waals surface area contributed by atoms with Crippen LogP contribution in [0.5, 0.6) is 0 Å². The summed E-state index contributed by atoms with van der Waals surface area (Å²) >= 11 is 5.73. The van der Waals surface area contributed by atoms with Crippen molar-refractivity contribution in [3.8, 4) is 0 Å². The van der Waals surface area contributed by atoms with E-state index < -0.39 is 0 Å². The largest absolute Gasteiger partial charge is 0.329 e. The number of hydrogen-bond donors (Lipinski definition) is 0. The average Bonchev–Trinajstić information content (AvgIpc) is 2.88. The van der Waals surface area contributed by atoms with Crippen LogP contribution in [0.4, 0.5) is 0 Å². The lowest BCUT2D eigenvalue weighted by atomic mass is 10.1. The Kier molecular flexibility index (Phi) is 3.14. The van der Waals surface area contributed by atoms with Crippen LogP contribution in [0.1, 0.15) is 18.4 Å². The van der Waals surface area contributed by atoms with Crippen LogP contribution >= 0.6 is 11.6 Å². The van der Waals surface area contributed by atoms with E-state index in [1.807, 2.05) is 6.07 Å². The van der Waals surface area contributed by atoms with Crippen molar-refractivity contribution >= 4 is 23.4 Å². The van der Waals surface area contributed by atoms with Crippen molar-refractivity contribution in [2.24, 2.45) is 0 Å². The monoisotopic (exact) mass is 279 g/mol. The van der Waals surface area contributed by atoms with E-state index in [0.717, 1.165) is 18.4 Å². The molecule has 5 nitrogen and oxygen atoms in total. The fraction of sp³-hybridized carbons (Fsp3) is 0.462. The van der Waals surface area contributed by atoms with Crippen LogP contribution in [0, 0.1) is 0 Å². The molecule has 2 aliphatic rings. The first kappa shape index (κ1) is 12.4. The zero-order chi connectivity index (χ0) is 13.4. The number of piperazine rings is 1. The van der Waals surface area contributed by atoms with Crippen LogP contribution in [-0.2, 0) is 16.1 Å². The van der Waals surface area contributed by atoms with Crippen molar-refractivity contribution in [2.75, 3.05) is 13.1 Å². The SMILES string of the molecule is O=C1C2CCCN2C(=O)CN1Cc1ccc(Cl)nc1. The molecule has 1 aromatic rings. The molecular formula is C13H14ClN3O2. The van der Waals surface area contributed by atoms with E-state index >= 15 is 0 Å². The molecule has 1 unspecified atom stereocenters. The number of pyridine rings is 1. The summed E-state index contributed by atoms with van der Waals surface area (Å²) in [5.41, 5.74) is 0.886. The third kappa shape index (κ3) is 2.30. The summed E-state index contributed by atoms with van der Waals surface area (Å²) in [7, 11) is 0. The minimum atomic E-state index is -0.249. The Morgan fingerprint density at radius 3 is 2.95 bits per heavy atom. The summed E-state index contributed by atoms with van der Waals surface area (Å²) in [6.07, 6.45) is 3.33. The van der Waals surface area contributed by atoms with E-state index in [1.54, 1.807) is 22.1 Å². The van der Waals surface area contributed by atoms with Gasteiger partial charge in [0.15, 0.2) is 0 Å². The molecule has 0 radical (unpaired) electrons. The molecule has 19 heavy (non-hydrogen) atoms. The first-order valence-electron chi connectivity index (χ1n) is 6.34. The van der Waals surface area contributed by atoms with Crippen LogP contribution < -0.4 is 0 Å². The van der Waals surface area contributed by atoms with Gasteiger partial charge in [0.05, 0.1) is 0 Å². The predicted octanol–water partition coefficient (Wildman–Crippen LogP) is 1.07. The van der Waals surface area contributed by atoms with E-state index in [2.05, 4.69) is 4.98 Å². The molecule has 2 amide bonds. The Morgan fingerprint density at radius 1 is 1.37 bits per heavy atom. The highest BCUT2D eigenvalue weighted by Gasteiger charge is 2.41. The topological polar surface area (TPSA) is 53.5 Å². The Labute approximate surface area is 116 Å². The molecule has 2 fully saturated rings. The van der Waals surface area contributed by atoms with Crippen molar-refractivity contribution in [3.05, 3.63) is 29.0 Å². The lowest BCUT2D eigenvalue weighted by molar-refractivity contribution is -0.154. The van der Waals surface area contributed by atoms with Gasteiger partial charge in [0, 0.05) is 19.3 Å². The number of halogens is 1. The van der Waals surface area contributed by atoms with Crippen molar-refractivity contribution in [1.29, 1.82) is 0 Å². The smallest absolute Gasteiger partial charge is 0.246 e. The lowest BCUT2D eigenvalue weighted by Gasteiger charge is -2.36. The third-order valence-corrected chi connectivity index (χ3v) is 3.88. The maximum absolute atomic E-state index is 12.3. The molecule has 0 saturated carbocycles. The fourth-order valence-corrected chi connectivity index (χ4v) is 2.83. The molecule has 3 heterocycles. The molecule has 6 heteroatoms. The summed E-state index contributed by atoms with van der Waals surface area (Å²) in [6, 6.07) is 3.27. The van der Waals surface area contributed by atoms with Crippen molar-refractivity contribution in [2.45, 2.75) is 25.4 Å². The van der Waals surface area contributed by atoms with E-state index in [9.17, 15) is 9.59 Å². The second kappa shape index (κ2) is 4.81. The number of nitrogens with zero attached hydrogens (tertiary/aromatic N) is 3. The number of fused-ring (bicyclic) bond motifs is 1. The quantitative estimate of drug-likeness (QED) is 0.761. The zero-order valence-corrected chi connectivity index (χ0v) is 11.1. The van der Waals surface area contributed by atoms with Crippen LogP contribution in [0.2, 0.25) is 5.15 Å². The average molecular weight is 280 g/mol. The summed E-state index contributed by atoms with van der Waals surface area (Å²) in [6.45, 7) is 1.29. The molecule has 3 rings (SSSR count). The van der Waals surface area contributed by atoms with E-state index in [4.69, 9.17) is 11.6 Å². The number of rotatable bonds is 2. The van der Waals surface area contributed by atoms with Crippen LogP contribution in [0.3, 0.4) is 0 Å². The highest BCUT2D eigenvalue weighted by molar-refractivity contribution is 6.29. The van der Waals surface area contributed by atoms with Crippen LogP contribution in [-0.4, -0.2) is 45.7 Å². The summed E-state index contributed by atoms with van der Waals surface area (Å²) in [4.78, 5) is 31.6. The van der Waals surface area contributed by atoms with Gasteiger partial charge in [-0.2, -0.15) is 0 Å². The first-order valence-corrected chi connectivity index (χ1v) is 6.71. The van der Waals surface area contributed by atoms with Gasteiger partial charge in [0.25, 0.3) is 0 Å². The van der Waals surface area contributed by atoms with Gasteiger partial charge >= 0.3 is 0 Å². The van der Waals surface area contributed by atoms with Gasteiger partial charge in [-0.15, -0.1) is 0 Å². The molecule has 100 valence electrons. The molecule has 0 bridgehead atoms. The number of carbonyl (C=O) groups excluding carboxylic acids is 2. The van der Waals surface area contributed by atoms with Gasteiger partial charge in [-0.1, -0.05) is 17.7 Å². The van der Waals surface area contributed by atoms with Gasteiger partial charge in [-0.3, -0.25) is 9.59 Å². The molecule has 0 aromatic carbocycles. The lowest BCUT2D eigenvalue weighted by Crippen LogP contribution is -2.56. The number of carbonyl (C=O) groups is 2. The van der Waals surface area contributed by atoms with Gasteiger partial charge in [0.1, 0.15) is 17.7 Å². The number of amides is 2. The first-order chi connectivity index (χ1) is 9.15. The summed E-state index contributed by atoms with van der Waals surface area (Å²) in [5, 5.41) is 0.423. The Hall–Kier alpha value is -1.62. The standard InChI is InChI=1S/C13H14ClN3O2/c14-11-4-3-9(6-15-11)7-16-8-12(18)17-5-1-2-10(17)13(16)19/h3-4,6,10H,1-2,5,7-8H2. The second-order valence-electron chi connectivity index (χ2n) is 4.93. The number of hydrogen-bond acceptors (Lipinski definition) is 3. The van der Waals surface area contributed by atoms with Crippen molar-refractivity contribution in [3.63, 3.8) is 0 Å². The molecule has 2 aliphatic heterocycles. The van der Waals surface area contributed by atoms with Crippen LogP contribution in [0.25, 0.3) is 0 Å². The third-order valence-electron chi connectivity index (χ3n) is 3.66. The Bertz CT molecular complexity index is 517. The van der Waals surface area contributed by atoms with Gasteiger partial charge in [-0.25, -0.2) is 4.98 Å². The molecule has 1 aromatic heterocycles. The number of aromatic nitrogens is 1. The highest BCUT2D eigenvalue weighted by Crippen LogP contribution is 2.24. The molecule has 1 atom stereocenters. The Morgan fingerprint density at radius 2 is 2.21 bits per heavy atom. The Balaban J connectivity index is 1.76. The van der Waals surface area contributed by atoms with E-state index in [0.29, 0.717) is 18.2 Å². The molecular weight excluding hydrogens is 266 g/mol. The van der Waals surface area contributed by atoms with Gasteiger partial charge in [-0.05, 0) is 24.5 Å². The normalized spacial score (nSPS) is 22.9. The van der Waals surface area contributed by atoms with E-state index in [-0.39, 0.29) is 24.4 Å². The summed E-state index contributed by atoms with van der Waals surface area (Å²) in [5.74, 6) is 0.0936. The maximum atomic E-state index is 12.3. The molecule has 2 saturated heterocycles. The fourth-order valence-electron chi connectivity index (χ4n) is 2.72. The summed E-state index contributed by atoms with van der Waals surface area (Å²) < 4.78 is 0. The van der Waals surface area contributed by atoms with E-state index in [1.165, 1.54) is 0 Å². The zero-order valence-electron chi connectivity index (χ0n) is 10.4. The minimum Gasteiger partial charge on any atom is -0.329 e. The molecule has 0 spiro atoms. The maximum Gasteiger partial charge on any atom is 0.246 e. The van der Waals surface area contributed by atoms with Crippen LogP contribution in [0.15, 0.2) is 18.3 Å². The van der Waals surface area contributed by atoms with Crippen molar-refractivity contribution < 1.29 is 9.59 Å². The van der Waals surface area contributed by atoms with Gasteiger partial charge in [0.2, 0.25) is 11.8 Å². The molecule has 0 aliphatic carbocycles. The second-order valence-corrected chi connectivity index (χ2v) is 5.32.